The molecule has 0 radical (unpaired) electrons. The SMILES string of the molecule is NC1NC2c3ccccc3C=CCC2CS1. The standard InChI is InChI=1S/C13H16N2S/c14-13-15-12-10(8-16-13)6-3-5-9-4-1-2-7-11(9)12/h1-5,7,10,12-13,15H,6,8,14H2. The van der Waals surface area contributed by atoms with Crippen molar-refractivity contribution in [2.75, 3.05) is 5.75 Å². The minimum atomic E-state index is 0.0763. The number of rotatable bonds is 0. The lowest BCUT2D eigenvalue weighted by atomic mass is 9.91. The van der Waals surface area contributed by atoms with Crippen LogP contribution in [0.25, 0.3) is 6.08 Å². The van der Waals surface area contributed by atoms with E-state index in [0.717, 1.165) is 12.2 Å². The largest absolute Gasteiger partial charge is 0.307 e. The number of benzene rings is 1. The third-order valence-corrected chi connectivity index (χ3v) is 4.49. The third-order valence-electron chi connectivity index (χ3n) is 3.37. The van der Waals surface area contributed by atoms with Gasteiger partial charge in [-0.25, -0.2) is 0 Å². The Labute approximate surface area is 100 Å². The summed E-state index contributed by atoms with van der Waals surface area (Å²) in [7, 11) is 0. The molecule has 0 amide bonds. The van der Waals surface area contributed by atoms with E-state index in [1.165, 1.54) is 11.1 Å². The molecule has 0 bridgehead atoms. The van der Waals surface area contributed by atoms with Crippen LogP contribution in [0.4, 0.5) is 0 Å². The minimum Gasteiger partial charge on any atom is -0.307 e. The van der Waals surface area contributed by atoms with Gasteiger partial charge in [-0.2, -0.15) is 0 Å². The molecular formula is C13H16N2S. The summed E-state index contributed by atoms with van der Waals surface area (Å²) >= 11 is 1.82. The molecule has 3 heteroatoms. The molecule has 3 unspecified atom stereocenters. The first-order valence-corrected chi connectivity index (χ1v) is 6.78. The summed E-state index contributed by atoms with van der Waals surface area (Å²) in [4.78, 5) is 0. The topological polar surface area (TPSA) is 38.0 Å². The van der Waals surface area contributed by atoms with Crippen LogP contribution in [0.5, 0.6) is 0 Å². The van der Waals surface area contributed by atoms with E-state index < -0.39 is 0 Å². The van der Waals surface area contributed by atoms with Crippen molar-refractivity contribution in [2.45, 2.75) is 18.0 Å². The molecule has 3 N–H and O–H groups in total. The summed E-state index contributed by atoms with van der Waals surface area (Å²) in [5, 5.41) is 3.52. The minimum absolute atomic E-state index is 0.0763. The molecule has 3 rings (SSSR count). The lowest BCUT2D eigenvalue weighted by Crippen LogP contribution is -2.45. The number of fused-ring (bicyclic) bond motifs is 3. The molecule has 1 aliphatic carbocycles. The van der Waals surface area contributed by atoms with E-state index in [-0.39, 0.29) is 5.50 Å². The highest BCUT2D eigenvalue weighted by molar-refractivity contribution is 7.99. The van der Waals surface area contributed by atoms with E-state index in [0.29, 0.717) is 12.0 Å². The Morgan fingerprint density at radius 3 is 3.12 bits per heavy atom. The van der Waals surface area contributed by atoms with E-state index >= 15 is 0 Å². The molecule has 1 aromatic carbocycles. The summed E-state index contributed by atoms with van der Waals surface area (Å²) in [6.07, 6.45) is 5.68. The Morgan fingerprint density at radius 1 is 1.31 bits per heavy atom. The molecule has 1 fully saturated rings. The predicted molar refractivity (Wildman–Crippen MR) is 69.9 cm³/mol. The number of thioether (sulfide) groups is 1. The Bertz CT molecular complexity index is 416. The zero-order valence-electron chi connectivity index (χ0n) is 9.10. The van der Waals surface area contributed by atoms with Gasteiger partial charge in [-0.05, 0) is 23.5 Å². The van der Waals surface area contributed by atoms with Crippen molar-refractivity contribution >= 4 is 17.8 Å². The van der Waals surface area contributed by atoms with Crippen molar-refractivity contribution in [2.24, 2.45) is 11.7 Å². The van der Waals surface area contributed by atoms with Crippen molar-refractivity contribution in [3.63, 3.8) is 0 Å². The average molecular weight is 232 g/mol. The van der Waals surface area contributed by atoms with Gasteiger partial charge >= 0.3 is 0 Å². The fourth-order valence-electron chi connectivity index (χ4n) is 2.55. The Kier molecular flexibility index (Phi) is 2.75. The van der Waals surface area contributed by atoms with Gasteiger partial charge in [0.1, 0.15) is 5.50 Å². The summed E-state index contributed by atoms with van der Waals surface area (Å²) in [5.74, 6) is 1.82. The van der Waals surface area contributed by atoms with Gasteiger partial charge in [0.2, 0.25) is 0 Å². The van der Waals surface area contributed by atoms with Crippen LogP contribution in [0, 0.1) is 5.92 Å². The number of hydrogen-bond acceptors (Lipinski definition) is 3. The van der Waals surface area contributed by atoms with E-state index in [4.69, 9.17) is 5.73 Å². The van der Waals surface area contributed by atoms with Crippen LogP contribution in [0.2, 0.25) is 0 Å². The molecule has 0 aromatic heterocycles. The smallest absolute Gasteiger partial charge is 0.103 e. The van der Waals surface area contributed by atoms with E-state index in [9.17, 15) is 0 Å². The van der Waals surface area contributed by atoms with Crippen LogP contribution in [0.15, 0.2) is 30.3 Å². The van der Waals surface area contributed by atoms with Crippen LogP contribution >= 0.6 is 11.8 Å². The van der Waals surface area contributed by atoms with Crippen molar-refractivity contribution in [1.82, 2.24) is 5.32 Å². The molecule has 16 heavy (non-hydrogen) atoms. The Hall–Kier alpha value is -0.770. The molecule has 1 aromatic rings. The van der Waals surface area contributed by atoms with Gasteiger partial charge in [0.25, 0.3) is 0 Å². The second-order valence-corrected chi connectivity index (χ2v) is 5.60. The number of nitrogens with two attached hydrogens (primary N) is 1. The molecule has 1 heterocycles. The zero-order chi connectivity index (χ0) is 11.0. The van der Waals surface area contributed by atoms with Gasteiger partial charge in [-0.1, -0.05) is 36.4 Å². The van der Waals surface area contributed by atoms with E-state index in [1.807, 2.05) is 11.8 Å². The Morgan fingerprint density at radius 2 is 2.19 bits per heavy atom. The van der Waals surface area contributed by atoms with Crippen LogP contribution in [0.3, 0.4) is 0 Å². The summed E-state index contributed by atoms with van der Waals surface area (Å²) in [5.41, 5.74) is 8.79. The molecule has 1 saturated heterocycles. The van der Waals surface area contributed by atoms with Gasteiger partial charge in [-0.3, -0.25) is 5.32 Å². The summed E-state index contributed by atoms with van der Waals surface area (Å²) < 4.78 is 0. The van der Waals surface area contributed by atoms with Crippen LogP contribution in [-0.2, 0) is 0 Å². The number of allylic oxidation sites excluding steroid dienone is 1. The van der Waals surface area contributed by atoms with Crippen LogP contribution in [-0.4, -0.2) is 11.3 Å². The second-order valence-electron chi connectivity index (χ2n) is 4.43. The van der Waals surface area contributed by atoms with Crippen LogP contribution in [0.1, 0.15) is 23.6 Å². The molecule has 3 atom stereocenters. The first-order valence-electron chi connectivity index (χ1n) is 5.73. The highest BCUT2D eigenvalue weighted by Crippen LogP contribution is 2.37. The fraction of sp³-hybridized carbons (Fsp3) is 0.385. The molecule has 0 saturated carbocycles. The molecule has 2 aliphatic rings. The van der Waals surface area contributed by atoms with Crippen molar-refractivity contribution in [3.8, 4) is 0 Å². The first-order chi connectivity index (χ1) is 7.84. The van der Waals surface area contributed by atoms with Gasteiger partial charge in [0.05, 0.1) is 0 Å². The van der Waals surface area contributed by atoms with Crippen molar-refractivity contribution < 1.29 is 0 Å². The van der Waals surface area contributed by atoms with E-state index in [2.05, 4.69) is 41.7 Å². The number of hydrogen-bond donors (Lipinski definition) is 2. The Balaban J connectivity index is 2.01. The van der Waals surface area contributed by atoms with Crippen molar-refractivity contribution in [1.29, 1.82) is 0 Å². The number of nitrogens with one attached hydrogen (secondary N) is 1. The lowest BCUT2D eigenvalue weighted by molar-refractivity contribution is 0.374. The molecular weight excluding hydrogens is 216 g/mol. The maximum absolute atomic E-state index is 5.98. The van der Waals surface area contributed by atoms with Crippen LogP contribution < -0.4 is 11.1 Å². The third kappa shape index (κ3) is 1.79. The van der Waals surface area contributed by atoms with Gasteiger partial charge in [0, 0.05) is 11.8 Å². The monoisotopic (exact) mass is 232 g/mol. The molecule has 0 spiro atoms. The highest BCUT2D eigenvalue weighted by Gasteiger charge is 2.31. The molecule has 84 valence electrons. The van der Waals surface area contributed by atoms with Crippen molar-refractivity contribution in [3.05, 3.63) is 41.5 Å². The summed E-state index contributed by atoms with van der Waals surface area (Å²) in [6, 6.07) is 9.04. The molecule has 2 nitrogen and oxygen atoms in total. The molecule has 1 aliphatic heterocycles. The fourth-order valence-corrected chi connectivity index (χ4v) is 3.57. The maximum atomic E-state index is 5.98. The average Bonchev–Trinajstić information content (AvgIpc) is 2.48. The maximum Gasteiger partial charge on any atom is 0.103 e. The summed E-state index contributed by atoms with van der Waals surface area (Å²) in [6.45, 7) is 0. The normalized spacial score (nSPS) is 32.7. The second kappa shape index (κ2) is 4.24. The van der Waals surface area contributed by atoms with E-state index in [1.54, 1.807) is 0 Å². The highest BCUT2D eigenvalue weighted by atomic mass is 32.2. The quantitative estimate of drug-likeness (QED) is 0.721. The zero-order valence-corrected chi connectivity index (χ0v) is 9.91. The van der Waals surface area contributed by atoms with Gasteiger partial charge in [-0.15, -0.1) is 11.8 Å². The van der Waals surface area contributed by atoms with Gasteiger partial charge in [0.15, 0.2) is 0 Å². The lowest BCUT2D eigenvalue weighted by Gasteiger charge is -2.35. The first kappa shape index (κ1) is 10.4. The van der Waals surface area contributed by atoms with Gasteiger partial charge < -0.3 is 5.73 Å². The predicted octanol–water partition coefficient (Wildman–Crippen LogP) is 2.34.